The number of aryl methyl sites for hydroxylation is 1. The van der Waals surface area contributed by atoms with Gasteiger partial charge in [-0.05, 0) is 36.1 Å². The van der Waals surface area contributed by atoms with Crippen molar-refractivity contribution in [1.29, 1.82) is 0 Å². The lowest BCUT2D eigenvalue weighted by atomic mass is 9.96. The van der Waals surface area contributed by atoms with Gasteiger partial charge in [0.1, 0.15) is 0 Å². The maximum Gasteiger partial charge on any atom is 0.0400 e. The van der Waals surface area contributed by atoms with Crippen LogP contribution in [0.4, 0.5) is 5.69 Å². The quantitative estimate of drug-likeness (QED) is 0.905. The van der Waals surface area contributed by atoms with Crippen LogP contribution in [0.1, 0.15) is 32.8 Å². The summed E-state index contributed by atoms with van der Waals surface area (Å²) < 4.78 is 1.18. The molecule has 1 aliphatic heterocycles. The Balaban J connectivity index is 2.17. The SMILES string of the molecule is CCc1cc(Br)ccc1N1CCNC(C(C)CC)C1. The molecule has 0 aromatic heterocycles. The van der Waals surface area contributed by atoms with E-state index in [9.17, 15) is 0 Å². The predicted molar refractivity (Wildman–Crippen MR) is 87.0 cm³/mol. The number of hydrogen-bond acceptors (Lipinski definition) is 2. The Hall–Kier alpha value is -0.540. The number of rotatable bonds is 4. The molecule has 1 aromatic rings. The van der Waals surface area contributed by atoms with Crippen LogP contribution in [0.25, 0.3) is 0 Å². The van der Waals surface area contributed by atoms with Gasteiger partial charge in [0.15, 0.2) is 0 Å². The predicted octanol–water partition coefficient (Wildman–Crippen LogP) is 3.84. The molecular formula is C16H25BrN2. The molecule has 1 fully saturated rings. The number of anilines is 1. The first-order valence-electron chi connectivity index (χ1n) is 7.42. The molecule has 2 atom stereocenters. The van der Waals surface area contributed by atoms with E-state index in [2.05, 4.69) is 65.1 Å². The third-order valence-corrected chi connectivity index (χ3v) is 4.79. The molecule has 1 aliphatic rings. The van der Waals surface area contributed by atoms with Gasteiger partial charge >= 0.3 is 0 Å². The van der Waals surface area contributed by atoms with Crippen molar-refractivity contribution in [2.45, 2.75) is 39.7 Å². The second kappa shape index (κ2) is 6.76. The van der Waals surface area contributed by atoms with Crippen LogP contribution < -0.4 is 10.2 Å². The van der Waals surface area contributed by atoms with Crippen LogP contribution in [0.5, 0.6) is 0 Å². The normalized spacial score (nSPS) is 21.5. The smallest absolute Gasteiger partial charge is 0.0400 e. The standard InChI is InChI=1S/C16H25BrN2/c1-4-12(3)15-11-19(9-8-18-15)16-7-6-14(17)10-13(16)5-2/h6-7,10,12,15,18H,4-5,8-9,11H2,1-3H3. The number of piperazine rings is 1. The Kier molecular flexibility index (Phi) is 5.28. The van der Waals surface area contributed by atoms with Crippen molar-refractivity contribution in [2.75, 3.05) is 24.5 Å². The van der Waals surface area contributed by atoms with Gasteiger partial charge in [-0.25, -0.2) is 0 Å². The van der Waals surface area contributed by atoms with Gasteiger partial charge in [-0.3, -0.25) is 0 Å². The highest BCUT2D eigenvalue weighted by molar-refractivity contribution is 9.10. The summed E-state index contributed by atoms with van der Waals surface area (Å²) in [6.45, 7) is 10.2. The Bertz CT molecular complexity index is 419. The molecule has 0 amide bonds. The highest BCUT2D eigenvalue weighted by Gasteiger charge is 2.24. The maximum atomic E-state index is 3.67. The number of halogens is 1. The van der Waals surface area contributed by atoms with E-state index in [1.807, 2.05) is 0 Å². The van der Waals surface area contributed by atoms with Crippen molar-refractivity contribution >= 4 is 21.6 Å². The lowest BCUT2D eigenvalue weighted by Gasteiger charge is -2.38. The number of benzene rings is 1. The fraction of sp³-hybridized carbons (Fsp3) is 0.625. The van der Waals surface area contributed by atoms with Crippen LogP contribution in [-0.4, -0.2) is 25.7 Å². The maximum absolute atomic E-state index is 3.67. The van der Waals surface area contributed by atoms with E-state index in [1.54, 1.807) is 0 Å². The second-order valence-corrected chi connectivity index (χ2v) is 6.43. The number of nitrogens with zero attached hydrogens (tertiary/aromatic N) is 1. The van der Waals surface area contributed by atoms with Crippen molar-refractivity contribution < 1.29 is 0 Å². The molecule has 1 aromatic carbocycles. The number of nitrogens with one attached hydrogen (secondary N) is 1. The van der Waals surface area contributed by atoms with E-state index in [0.29, 0.717) is 6.04 Å². The van der Waals surface area contributed by atoms with Crippen molar-refractivity contribution in [1.82, 2.24) is 5.32 Å². The highest BCUT2D eigenvalue weighted by Crippen LogP contribution is 2.27. The van der Waals surface area contributed by atoms with Crippen molar-refractivity contribution in [2.24, 2.45) is 5.92 Å². The van der Waals surface area contributed by atoms with Gasteiger partial charge in [0.05, 0.1) is 0 Å². The van der Waals surface area contributed by atoms with Crippen LogP contribution in [0, 0.1) is 5.92 Å². The third-order valence-electron chi connectivity index (χ3n) is 4.30. The molecule has 1 saturated heterocycles. The molecule has 1 heterocycles. The molecule has 0 saturated carbocycles. The molecule has 0 bridgehead atoms. The van der Waals surface area contributed by atoms with Crippen molar-refractivity contribution in [3.8, 4) is 0 Å². The first-order chi connectivity index (χ1) is 9.15. The van der Waals surface area contributed by atoms with E-state index in [-0.39, 0.29) is 0 Å². The van der Waals surface area contributed by atoms with Gasteiger partial charge in [0, 0.05) is 35.8 Å². The monoisotopic (exact) mass is 324 g/mol. The van der Waals surface area contributed by atoms with E-state index in [1.165, 1.54) is 22.1 Å². The van der Waals surface area contributed by atoms with E-state index < -0.39 is 0 Å². The van der Waals surface area contributed by atoms with Gasteiger partial charge in [-0.2, -0.15) is 0 Å². The van der Waals surface area contributed by atoms with Crippen LogP contribution in [0.3, 0.4) is 0 Å². The van der Waals surface area contributed by atoms with Crippen LogP contribution in [-0.2, 0) is 6.42 Å². The van der Waals surface area contributed by atoms with Crippen molar-refractivity contribution in [3.63, 3.8) is 0 Å². The summed E-state index contributed by atoms with van der Waals surface area (Å²) in [6, 6.07) is 7.30. The Morgan fingerprint density at radius 1 is 1.42 bits per heavy atom. The first-order valence-corrected chi connectivity index (χ1v) is 8.21. The van der Waals surface area contributed by atoms with Gasteiger partial charge < -0.3 is 10.2 Å². The molecule has 0 spiro atoms. The largest absolute Gasteiger partial charge is 0.368 e. The van der Waals surface area contributed by atoms with Crippen LogP contribution >= 0.6 is 15.9 Å². The zero-order valence-corrected chi connectivity index (χ0v) is 13.8. The lowest BCUT2D eigenvalue weighted by Crippen LogP contribution is -2.53. The molecule has 19 heavy (non-hydrogen) atoms. The summed E-state index contributed by atoms with van der Waals surface area (Å²) in [5.74, 6) is 0.739. The van der Waals surface area contributed by atoms with Gasteiger partial charge in [-0.1, -0.05) is 43.1 Å². The zero-order chi connectivity index (χ0) is 13.8. The summed E-state index contributed by atoms with van der Waals surface area (Å²) in [5, 5.41) is 3.67. The Labute approximate surface area is 125 Å². The summed E-state index contributed by atoms with van der Waals surface area (Å²) in [4.78, 5) is 2.55. The fourth-order valence-electron chi connectivity index (χ4n) is 2.81. The summed E-state index contributed by atoms with van der Waals surface area (Å²) in [6.07, 6.45) is 2.33. The molecule has 2 nitrogen and oxygen atoms in total. The van der Waals surface area contributed by atoms with Crippen LogP contribution in [0.15, 0.2) is 22.7 Å². The Morgan fingerprint density at radius 2 is 2.21 bits per heavy atom. The summed E-state index contributed by atoms with van der Waals surface area (Å²) >= 11 is 3.58. The zero-order valence-electron chi connectivity index (χ0n) is 12.2. The fourth-order valence-corrected chi connectivity index (χ4v) is 3.22. The molecule has 0 radical (unpaired) electrons. The molecule has 106 valence electrons. The van der Waals surface area contributed by atoms with E-state index in [4.69, 9.17) is 0 Å². The minimum Gasteiger partial charge on any atom is -0.368 e. The summed E-state index contributed by atoms with van der Waals surface area (Å²) in [7, 11) is 0. The molecular weight excluding hydrogens is 300 g/mol. The lowest BCUT2D eigenvalue weighted by molar-refractivity contribution is 0.341. The Morgan fingerprint density at radius 3 is 2.89 bits per heavy atom. The topological polar surface area (TPSA) is 15.3 Å². The molecule has 2 rings (SSSR count). The van der Waals surface area contributed by atoms with Crippen molar-refractivity contribution in [3.05, 3.63) is 28.2 Å². The first kappa shape index (κ1) is 14.9. The van der Waals surface area contributed by atoms with Gasteiger partial charge in [-0.15, -0.1) is 0 Å². The average Bonchev–Trinajstić information content (AvgIpc) is 2.46. The van der Waals surface area contributed by atoms with Crippen LogP contribution in [0.2, 0.25) is 0 Å². The average molecular weight is 325 g/mol. The third kappa shape index (κ3) is 3.51. The van der Waals surface area contributed by atoms with Gasteiger partial charge in [0.25, 0.3) is 0 Å². The molecule has 2 unspecified atom stereocenters. The minimum atomic E-state index is 0.618. The molecule has 0 aliphatic carbocycles. The van der Waals surface area contributed by atoms with E-state index >= 15 is 0 Å². The minimum absolute atomic E-state index is 0.618. The summed E-state index contributed by atoms with van der Waals surface area (Å²) in [5.41, 5.74) is 2.86. The van der Waals surface area contributed by atoms with E-state index in [0.717, 1.165) is 32.0 Å². The second-order valence-electron chi connectivity index (χ2n) is 5.52. The number of hydrogen-bond donors (Lipinski definition) is 1. The molecule has 3 heteroatoms. The highest BCUT2D eigenvalue weighted by atomic mass is 79.9. The van der Waals surface area contributed by atoms with Gasteiger partial charge in [0.2, 0.25) is 0 Å². The molecule has 1 N–H and O–H groups in total.